The van der Waals surface area contributed by atoms with Gasteiger partial charge in [0.25, 0.3) is 0 Å². The van der Waals surface area contributed by atoms with E-state index in [-0.39, 0.29) is 12.4 Å². The average molecular weight is 210 g/mol. The van der Waals surface area contributed by atoms with Gasteiger partial charge < -0.3 is 9.15 Å². The third-order valence-corrected chi connectivity index (χ3v) is 2.10. The molecule has 84 valence electrons. The highest BCUT2D eigenvalue weighted by Crippen LogP contribution is 2.04. The van der Waals surface area contributed by atoms with Crippen molar-refractivity contribution >= 4 is 5.78 Å². The van der Waals surface area contributed by atoms with Crippen molar-refractivity contribution in [1.29, 1.82) is 0 Å². The van der Waals surface area contributed by atoms with E-state index in [0.29, 0.717) is 18.3 Å². The molecule has 0 aliphatic carbocycles. The van der Waals surface area contributed by atoms with E-state index in [2.05, 4.69) is 13.8 Å². The first-order valence-electron chi connectivity index (χ1n) is 5.34. The van der Waals surface area contributed by atoms with E-state index >= 15 is 0 Å². The van der Waals surface area contributed by atoms with Crippen LogP contribution in [0.1, 0.15) is 37.2 Å². The largest absolute Gasteiger partial charge is 0.461 e. The van der Waals surface area contributed by atoms with Gasteiger partial charge in [0.05, 0.1) is 6.26 Å². The Hall–Kier alpha value is -1.09. The van der Waals surface area contributed by atoms with Gasteiger partial charge in [-0.05, 0) is 30.9 Å². The Morgan fingerprint density at radius 1 is 1.53 bits per heavy atom. The van der Waals surface area contributed by atoms with Crippen LogP contribution in [0.4, 0.5) is 0 Å². The Morgan fingerprint density at radius 2 is 2.33 bits per heavy atom. The lowest BCUT2D eigenvalue weighted by molar-refractivity contribution is 0.0722. The Kier molecular flexibility index (Phi) is 5.12. The van der Waals surface area contributed by atoms with Gasteiger partial charge in [-0.25, -0.2) is 0 Å². The van der Waals surface area contributed by atoms with Gasteiger partial charge in [-0.15, -0.1) is 0 Å². The molecule has 3 nitrogen and oxygen atoms in total. The first kappa shape index (κ1) is 12.0. The molecule has 0 atom stereocenters. The van der Waals surface area contributed by atoms with Crippen LogP contribution in [0.2, 0.25) is 0 Å². The molecule has 1 aromatic heterocycles. The Labute approximate surface area is 90.4 Å². The smallest absolute Gasteiger partial charge is 0.223 e. The van der Waals surface area contributed by atoms with Crippen LogP contribution in [0.5, 0.6) is 0 Å². The van der Waals surface area contributed by atoms with Crippen LogP contribution in [-0.2, 0) is 4.74 Å². The Bertz CT molecular complexity index is 275. The number of rotatable bonds is 7. The average Bonchev–Trinajstić information content (AvgIpc) is 2.69. The lowest BCUT2D eigenvalue weighted by Crippen LogP contribution is -2.09. The molecule has 0 fully saturated rings. The summed E-state index contributed by atoms with van der Waals surface area (Å²) in [5.41, 5.74) is 0. The fourth-order valence-electron chi connectivity index (χ4n) is 1.27. The van der Waals surface area contributed by atoms with Crippen LogP contribution in [0, 0.1) is 5.92 Å². The second kappa shape index (κ2) is 6.40. The van der Waals surface area contributed by atoms with Gasteiger partial charge in [0, 0.05) is 6.61 Å². The molecule has 0 spiro atoms. The number of Topliss-reactive ketones (excluding diaryl/α,β-unsaturated/α-hetero) is 1. The van der Waals surface area contributed by atoms with E-state index in [0.717, 1.165) is 12.8 Å². The molecule has 0 saturated carbocycles. The summed E-state index contributed by atoms with van der Waals surface area (Å²) in [5.74, 6) is 0.970. The van der Waals surface area contributed by atoms with Crippen molar-refractivity contribution in [3.8, 4) is 0 Å². The lowest BCUT2D eigenvalue weighted by atomic mass is 10.1. The van der Waals surface area contributed by atoms with Crippen LogP contribution in [-0.4, -0.2) is 19.0 Å². The van der Waals surface area contributed by atoms with Gasteiger partial charge in [0.2, 0.25) is 5.78 Å². The van der Waals surface area contributed by atoms with Crippen molar-refractivity contribution < 1.29 is 13.9 Å². The lowest BCUT2D eigenvalue weighted by Gasteiger charge is -2.04. The highest BCUT2D eigenvalue weighted by Gasteiger charge is 2.07. The van der Waals surface area contributed by atoms with Gasteiger partial charge >= 0.3 is 0 Å². The topological polar surface area (TPSA) is 39.4 Å². The summed E-state index contributed by atoms with van der Waals surface area (Å²) in [6.45, 7) is 5.11. The SMILES string of the molecule is CC(C)CCCOCC(=O)c1ccco1. The fourth-order valence-corrected chi connectivity index (χ4v) is 1.27. The third kappa shape index (κ3) is 4.79. The van der Waals surface area contributed by atoms with Crippen molar-refractivity contribution in [2.75, 3.05) is 13.2 Å². The van der Waals surface area contributed by atoms with Crippen molar-refractivity contribution in [2.45, 2.75) is 26.7 Å². The number of ketones is 1. The molecule has 1 heterocycles. The molecule has 0 aliphatic heterocycles. The summed E-state index contributed by atoms with van der Waals surface area (Å²) in [4.78, 5) is 11.4. The Morgan fingerprint density at radius 3 is 2.93 bits per heavy atom. The summed E-state index contributed by atoms with van der Waals surface area (Å²) >= 11 is 0. The first-order valence-corrected chi connectivity index (χ1v) is 5.34. The molecular formula is C12H18O3. The molecule has 0 bridgehead atoms. The second-order valence-electron chi connectivity index (χ2n) is 3.99. The summed E-state index contributed by atoms with van der Waals surface area (Å²) in [6, 6.07) is 3.35. The van der Waals surface area contributed by atoms with Crippen molar-refractivity contribution in [3.05, 3.63) is 24.2 Å². The number of furan rings is 1. The van der Waals surface area contributed by atoms with Crippen LogP contribution in [0.25, 0.3) is 0 Å². The van der Waals surface area contributed by atoms with Crippen LogP contribution in [0.15, 0.2) is 22.8 Å². The number of hydrogen-bond donors (Lipinski definition) is 0. The summed E-state index contributed by atoms with van der Waals surface area (Å²) < 4.78 is 10.2. The minimum Gasteiger partial charge on any atom is -0.461 e. The Balaban J connectivity index is 2.08. The van der Waals surface area contributed by atoms with Gasteiger partial charge in [-0.3, -0.25) is 4.79 Å². The second-order valence-corrected chi connectivity index (χ2v) is 3.99. The molecule has 0 saturated heterocycles. The minimum atomic E-state index is -0.0930. The van der Waals surface area contributed by atoms with Crippen LogP contribution >= 0.6 is 0 Å². The molecule has 3 heteroatoms. The number of hydrogen-bond acceptors (Lipinski definition) is 3. The molecule has 15 heavy (non-hydrogen) atoms. The van der Waals surface area contributed by atoms with Gasteiger partial charge in [0.1, 0.15) is 6.61 Å². The monoisotopic (exact) mass is 210 g/mol. The maximum Gasteiger partial charge on any atom is 0.223 e. The summed E-state index contributed by atoms with van der Waals surface area (Å²) in [5, 5.41) is 0. The molecule has 0 N–H and O–H groups in total. The minimum absolute atomic E-state index is 0.0930. The normalized spacial score (nSPS) is 10.9. The first-order chi connectivity index (χ1) is 7.20. The molecule has 0 unspecified atom stereocenters. The molecule has 1 aromatic rings. The van der Waals surface area contributed by atoms with Gasteiger partial charge in [-0.2, -0.15) is 0 Å². The zero-order chi connectivity index (χ0) is 11.1. The molecule has 0 radical (unpaired) electrons. The van der Waals surface area contributed by atoms with E-state index in [1.165, 1.54) is 6.26 Å². The quantitative estimate of drug-likeness (QED) is 0.513. The molecule has 0 aromatic carbocycles. The molecular weight excluding hydrogens is 192 g/mol. The molecule has 0 aliphatic rings. The summed E-state index contributed by atoms with van der Waals surface area (Å²) in [7, 11) is 0. The predicted molar refractivity (Wildman–Crippen MR) is 57.9 cm³/mol. The third-order valence-electron chi connectivity index (χ3n) is 2.10. The van der Waals surface area contributed by atoms with Gasteiger partial charge in [0.15, 0.2) is 5.76 Å². The van der Waals surface area contributed by atoms with Crippen molar-refractivity contribution in [1.82, 2.24) is 0 Å². The van der Waals surface area contributed by atoms with Crippen LogP contribution in [0.3, 0.4) is 0 Å². The molecule has 1 rings (SSSR count). The van der Waals surface area contributed by atoms with E-state index in [4.69, 9.17) is 9.15 Å². The number of carbonyl (C=O) groups is 1. The van der Waals surface area contributed by atoms with E-state index in [1.807, 2.05) is 0 Å². The highest BCUT2D eigenvalue weighted by atomic mass is 16.5. The predicted octanol–water partition coefficient (Wildman–Crippen LogP) is 2.92. The number of ether oxygens (including phenoxy) is 1. The van der Waals surface area contributed by atoms with Gasteiger partial charge in [-0.1, -0.05) is 13.8 Å². The summed E-state index contributed by atoms with van der Waals surface area (Å²) in [6.07, 6.45) is 3.63. The van der Waals surface area contributed by atoms with Crippen molar-refractivity contribution in [2.24, 2.45) is 5.92 Å². The maximum atomic E-state index is 11.4. The number of carbonyl (C=O) groups excluding carboxylic acids is 1. The standard InChI is InChI=1S/C12H18O3/c1-10(2)5-3-7-14-9-11(13)12-6-4-8-15-12/h4,6,8,10H,3,5,7,9H2,1-2H3. The van der Waals surface area contributed by atoms with Crippen molar-refractivity contribution in [3.63, 3.8) is 0 Å². The van der Waals surface area contributed by atoms with E-state index < -0.39 is 0 Å². The highest BCUT2D eigenvalue weighted by molar-refractivity contribution is 5.94. The zero-order valence-corrected chi connectivity index (χ0v) is 9.36. The van der Waals surface area contributed by atoms with E-state index in [9.17, 15) is 4.79 Å². The molecule has 0 amide bonds. The van der Waals surface area contributed by atoms with E-state index in [1.54, 1.807) is 12.1 Å². The maximum absolute atomic E-state index is 11.4. The fraction of sp³-hybridized carbons (Fsp3) is 0.583. The van der Waals surface area contributed by atoms with Crippen LogP contribution < -0.4 is 0 Å². The zero-order valence-electron chi connectivity index (χ0n) is 9.36.